The molecule has 3 saturated carbocycles. The summed E-state index contributed by atoms with van der Waals surface area (Å²) in [4.78, 5) is 11.6. The van der Waals surface area contributed by atoms with Gasteiger partial charge >= 0.3 is 5.97 Å². The Balaban J connectivity index is 1.48. The summed E-state index contributed by atoms with van der Waals surface area (Å²) in [7, 11) is 0. The summed E-state index contributed by atoms with van der Waals surface area (Å²) >= 11 is 0. The smallest absolute Gasteiger partial charge is 0.333 e. The van der Waals surface area contributed by atoms with Crippen LogP contribution in [0.1, 0.15) is 26.2 Å². The highest BCUT2D eigenvalue weighted by Gasteiger charge is 2.67. The second-order valence-electron chi connectivity index (χ2n) is 6.24. The summed E-state index contributed by atoms with van der Waals surface area (Å²) in [5, 5.41) is 0. The highest BCUT2D eigenvalue weighted by Crippen LogP contribution is 2.64. The topological polar surface area (TPSA) is 38.8 Å². The van der Waals surface area contributed by atoms with Gasteiger partial charge in [0, 0.05) is 5.57 Å². The van der Waals surface area contributed by atoms with Gasteiger partial charge in [-0.1, -0.05) is 6.58 Å². The van der Waals surface area contributed by atoms with Gasteiger partial charge in [0.1, 0.15) is 6.10 Å². The minimum absolute atomic E-state index is 0.156. The van der Waals surface area contributed by atoms with Crippen LogP contribution in [0.2, 0.25) is 0 Å². The second kappa shape index (κ2) is 3.14. The van der Waals surface area contributed by atoms with Crippen LogP contribution in [0.5, 0.6) is 0 Å². The maximum Gasteiger partial charge on any atom is 0.333 e. The average Bonchev–Trinajstić information content (AvgIpc) is 2.69. The lowest BCUT2D eigenvalue weighted by Crippen LogP contribution is -2.34. The van der Waals surface area contributed by atoms with Gasteiger partial charge in [-0.2, -0.15) is 0 Å². The van der Waals surface area contributed by atoms with Gasteiger partial charge in [-0.3, -0.25) is 0 Å². The fourth-order valence-electron chi connectivity index (χ4n) is 4.64. The molecule has 4 aliphatic rings. The molecular weight excluding hydrogens is 216 g/mol. The van der Waals surface area contributed by atoms with Crippen LogP contribution in [-0.2, 0) is 14.3 Å². The number of carbonyl (C=O) groups is 1. The van der Waals surface area contributed by atoms with Gasteiger partial charge < -0.3 is 9.47 Å². The van der Waals surface area contributed by atoms with Crippen LogP contribution in [0.3, 0.4) is 0 Å². The maximum atomic E-state index is 11.6. The third-order valence-corrected chi connectivity index (χ3v) is 5.29. The van der Waals surface area contributed by atoms with Crippen molar-refractivity contribution in [3.8, 4) is 0 Å². The van der Waals surface area contributed by atoms with E-state index in [0.717, 1.165) is 24.2 Å². The fourth-order valence-corrected chi connectivity index (χ4v) is 4.64. The molecule has 0 spiro atoms. The number of ether oxygens (including phenoxy) is 2. The molecule has 92 valence electrons. The van der Waals surface area contributed by atoms with E-state index in [2.05, 4.69) is 6.58 Å². The molecule has 0 N–H and O–H groups in total. The number of carbonyl (C=O) groups excluding carboxylic acids is 1. The van der Waals surface area contributed by atoms with Gasteiger partial charge in [-0.05, 0) is 49.9 Å². The van der Waals surface area contributed by atoms with Crippen LogP contribution in [0.15, 0.2) is 12.2 Å². The van der Waals surface area contributed by atoms with Crippen molar-refractivity contribution >= 4 is 5.97 Å². The Morgan fingerprint density at radius 3 is 2.88 bits per heavy atom. The summed E-state index contributed by atoms with van der Waals surface area (Å²) in [5.41, 5.74) is 0.516. The third kappa shape index (κ3) is 1.29. The average molecular weight is 234 g/mol. The molecule has 2 bridgehead atoms. The molecule has 1 aliphatic heterocycles. The Labute approximate surface area is 101 Å². The van der Waals surface area contributed by atoms with Gasteiger partial charge in [-0.15, -0.1) is 0 Å². The summed E-state index contributed by atoms with van der Waals surface area (Å²) < 4.78 is 11.2. The van der Waals surface area contributed by atoms with Crippen molar-refractivity contribution in [3.05, 3.63) is 12.2 Å². The first-order valence-electron chi connectivity index (χ1n) is 6.67. The fraction of sp³-hybridized carbons (Fsp3) is 0.786. The second-order valence-corrected chi connectivity index (χ2v) is 6.24. The molecular formula is C14H18O3. The van der Waals surface area contributed by atoms with E-state index in [1.165, 1.54) is 12.8 Å². The number of esters is 1. The molecule has 17 heavy (non-hydrogen) atoms. The third-order valence-electron chi connectivity index (χ3n) is 5.29. The maximum absolute atomic E-state index is 11.6. The number of hydrogen-bond acceptors (Lipinski definition) is 3. The lowest BCUT2D eigenvalue weighted by atomic mass is 9.79. The molecule has 7 atom stereocenters. The van der Waals surface area contributed by atoms with Crippen LogP contribution in [0, 0.1) is 23.7 Å². The molecule has 0 amide bonds. The Morgan fingerprint density at radius 1 is 1.29 bits per heavy atom. The molecule has 3 heteroatoms. The van der Waals surface area contributed by atoms with Crippen molar-refractivity contribution in [2.75, 3.05) is 0 Å². The Hall–Kier alpha value is -0.830. The largest absolute Gasteiger partial charge is 0.459 e. The molecule has 1 heterocycles. The first kappa shape index (κ1) is 10.1. The summed E-state index contributed by atoms with van der Waals surface area (Å²) in [5.74, 6) is 2.68. The van der Waals surface area contributed by atoms with Crippen LogP contribution >= 0.6 is 0 Å². The number of epoxide rings is 1. The summed E-state index contributed by atoms with van der Waals surface area (Å²) in [6, 6.07) is 0. The Bertz CT molecular complexity index is 402. The van der Waals surface area contributed by atoms with E-state index in [9.17, 15) is 4.79 Å². The van der Waals surface area contributed by atoms with Crippen molar-refractivity contribution in [1.82, 2.24) is 0 Å². The van der Waals surface area contributed by atoms with Gasteiger partial charge in [-0.25, -0.2) is 4.79 Å². The number of rotatable bonds is 2. The van der Waals surface area contributed by atoms with Crippen LogP contribution in [0.25, 0.3) is 0 Å². The van der Waals surface area contributed by atoms with Gasteiger partial charge in [0.25, 0.3) is 0 Å². The predicted octanol–water partition coefficient (Wildman–Crippen LogP) is 1.92. The number of fused-ring (bicyclic) bond motifs is 7. The van der Waals surface area contributed by atoms with E-state index < -0.39 is 0 Å². The SMILES string of the molecule is C=C(C)C(=O)OC1CC2C[C@H]1C1CC3OC3C21. The van der Waals surface area contributed by atoms with Crippen molar-refractivity contribution in [3.63, 3.8) is 0 Å². The van der Waals surface area contributed by atoms with E-state index in [0.29, 0.717) is 23.7 Å². The van der Waals surface area contributed by atoms with Crippen molar-refractivity contribution in [2.45, 2.75) is 44.5 Å². The predicted molar refractivity (Wildman–Crippen MR) is 61.2 cm³/mol. The molecule has 4 fully saturated rings. The van der Waals surface area contributed by atoms with E-state index >= 15 is 0 Å². The first-order chi connectivity index (χ1) is 8.15. The highest BCUT2D eigenvalue weighted by molar-refractivity contribution is 5.87. The van der Waals surface area contributed by atoms with E-state index in [1.807, 2.05) is 0 Å². The molecule has 1 saturated heterocycles. The van der Waals surface area contributed by atoms with Crippen LogP contribution in [-0.4, -0.2) is 24.3 Å². The van der Waals surface area contributed by atoms with Gasteiger partial charge in [0.05, 0.1) is 12.2 Å². The van der Waals surface area contributed by atoms with Crippen molar-refractivity contribution in [1.29, 1.82) is 0 Å². The number of hydrogen-bond donors (Lipinski definition) is 0. The standard InChI is InChI=1S/C14H18O3/c1-6(2)14(15)17-10-4-7-3-8(10)9-5-11-13(16-11)12(7)9/h7-13H,1,3-5H2,2H3/t7?,8-,9?,10?,11?,12?,13?/m0/s1. The molecule has 3 aliphatic carbocycles. The van der Waals surface area contributed by atoms with Crippen LogP contribution in [0.4, 0.5) is 0 Å². The normalized spacial score (nSPS) is 53.1. The van der Waals surface area contributed by atoms with Gasteiger partial charge in [0.15, 0.2) is 0 Å². The van der Waals surface area contributed by atoms with Crippen molar-refractivity contribution < 1.29 is 14.3 Å². The minimum atomic E-state index is -0.210. The Kier molecular flexibility index (Phi) is 1.87. The molecule has 0 radical (unpaired) electrons. The van der Waals surface area contributed by atoms with E-state index in [4.69, 9.17) is 9.47 Å². The summed E-state index contributed by atoms with van der Waals surface area (Å²) in [6.45, 7) is 5.37. The van der Waals surface area contributed by atoms with E-state index in [1.54, 1.807) is 6.92 Å². The molecule has 0 aromatic rings. The first-order valence-corrected chi connectivity index (χ1v) is 6.67. The molecule has 0 aromatic heterocycles. The zero-order valence-corrected chi connectivity index (χ0v) is 10.1. The zero-order chi connectivity index (χ0) is 11.7. The van der Waals surface area contributed by atoms with Crippen LogP contribution < -0.4 is 0 Å². The molecule has 6 unspecified atom stereocenters. The Morgan fingerprint density at radius 2 is 2.12 bits per heavy atom. The molecule has 0 aromatic carbocycles. The lowest BCUT2D eigenvalue weighted by molar-refractivity contribution is -0.148. The van der Waals surface area contributed by atoms with Crippen molar-refractivity contribution in [2.24, 2.45) is 23.7 Å². The van der Waals surface area contributed by atoms with E-state index in [-0.39, 0.29) is 12.1 Å². The minimum Gasteiger partial charge on any atom is -0.459 e. The zero-order valence-electron chi connectivity index (χ0n) is 10.1. The monoisotopic (exact) mass is 234 g/mol. The van der Waals surface area contributed by atoms with Gasteiger partial charge in [0.2, 0.25) is 0 Å². The quantitative estimate of drug-likeness (QED) is 0.416. The highest BCUT2D eigenvalue weighted by atomic mass is 16.6. The lowest BCUT2D eigenvalue weighted by Gasteiger charge is -2.32. The summed E-state index contributed by atoms with van der Waals surface area (Å²) in [6.07, 6.45) is 4.77. The molecule has 3 nitrogen and oxygen atoms in total. The molecule has 4 rings (SSSR count).